The number of aromatic nitrogens is 2. The van der Waals surface area contributed by atoms with E-state index in [1.54, 1.807) is 6.20 Å². The van der Waals surface area contributed by atoms with Crippen LogP contribution in [-0.4, -0.2) is 46.1 Å². The third-order valence-corrected chi connectivity index (χ3v) is 3.55. The van der Waals surface area contributed by atoms with Crippen LogP contribution in [0.15, 0.2) is 12.5 Å². The number of amides is 1. The molecule has 7 nitrogen and oxygen atoms in total. The van der Waals surface area contributed by atoms with Crippen LogP contribution in [0, 0.1) is 5.92 Å². The fourth-order valence-electron chi connectivity index (χ4n) is 2.42. The Balaban J connectivity index is 1.83. The van der Waals surface area contributed by atoms with Gasteiger partial charge in [0.25, 0.3) is 0 Å². The van der Waals surface area contributed by atoms with Crippen molar-refractivity contribution >= 4 is 11.9 Å². The summed E-state index contributed by atoms with van der Waals surface area (Å²) in [7, 11) is 0. The van der Waals surface area contributed by atoms with Gasteiger partial charge in [0.15, 0.2) is 0 Å². The van der Waals surface area contributed by atoms with Crippen molar-refractivity contribution in [1.29, 1.82) is 0 Å². The SMILES string of the molecule is O=C(CC1CCNCC1)N[C@@H](Cc1cnc[nH]1)C(=O)O. The molecule has 0 spiro atoms. The highest BCUT2D eigenvalue weighted by Crippen LogP contribution is 2.15. The first-order chi connectivity index (χ1) is 9.65. The van der Waals surface area contributed by atoms with Gasteiger partial charge >= 0.3 is 5.97 Å². The maximum atomic E-state index is 11.9. The van der Waals surface area contributed by atoms with Crippen LogP contribution in [-0.2, 0) is 16.0 Å². The molecule has 2 heterocycles. The Morgan fingerprint density at radius 1 is 1.45 bits per heavy atom. The van der Waals surface area contributed by atoms with Gasteiger partial charge in [0, 0.05) is 24.7 Å². The molecule has 0 saturated carbocycles. The number of nitrogens with zero attached hydrogens (tertiary/aromatic N) is 1. The van der Waals surface area contributed by atoms with Crippen LogP contribution in [0.3, 0.4) is 0 Å². The quantitative estimate of drug-likeness (QED) is 0.582. The summed E-state index contributed by atoms with van der Waals surface area (Å²) < 4.78 is 0. The van der Waals surface area contributed by atoms with Crippen molar-refractivity contribution in [3.05, 3.63) is 18.2 Å². The number of piperidine rings is 1. The molecule has 1 aliphatic heterocycles. The molecule has 0 unspecified atom stereocenters. The molecule has 0 aromatic carbocycles. The molecule has 1 aromatic rings. The summed E-state index contributed by atoms with van der Waals surface area (Å²) in [6.45, 7) is 1.85. The summed E-state index contributed by atoms with van der Waals surface area (Å²) in [4.78, 5) is 29.8. The predicted molar refractivity (Wildman–Crippen MR) is 72.1 cm³/mol. The van der Waals surface area contributed by atoms with E-state index >= 15 is 0 Å². The molecule has 1 atom stereocenters. The number of aliphatic carboxylic acids is 1. The second-order valence-corrected chi connectivity index (χ2v) is 5.14. The van der Waals surface area contributed by atoms with Gasteiger partial charge in [-0.3, -0.25) is 4.79 Å². The first-order valence-electron chi connectivity index (χ1n) is 6.85. The van der Waals surface area contributed by atoms with Crippen LogP contribution in [0.1, 0.15) is 25.0 Å². The standard InChI is InChI=1S/C13H20N4O3/c18-12(5-9-1-3-14-4-2-9)17-11(13(19)20)6-10-7-15-8-16-10/h7-9,11,14H,1-6H2,(H,15,16)(H,17,18)(H,19,20)/t11-/m0/s1. The second kappa shape index (κ2) is 7.04. The van der Waals surface area contributed by atoms with Crippen LogP contribution in [0.25, 0.3) is 0 Å². The third-order valence-electron chi connectivity index (χ3n) is 3.55. The highest BCUT2D eigenvalue weighted by atomic mass is 16.4. The van der Waals surface area contributed by atoms with Gasteiger partial charge in [-0.2, -0.15) is 0 Å². The van der Waals surface area contributed by atoms with Crippen molar-refractivity contribution in [2.24, 2.45) is 5.92 Å². The Kier molecular flexibility index (Phi) is 5.11. The maximum absolute atomic E-state index is 11.9. The average Bonchev–Trinajstić information content (AvgIpc) is 2.92. The van der Waals surface area contributed by atoms with Gasteiger partial charge < -0.3 is 20.7 Å². The summed E-state index contributed by atoms with van der Waals surface area (Å²) in [5, 5.41) is 15.0. The number of rotatable bonds is 6. The van der Waals surface area contributed by atoms with E-state index in [2.05, 4.69) is 20.6 Å². The lowest BCUT2D eigenvalue weighted by atomic mass is 9.94. The normalized spacial score (nSPS) is 17.6. The van der Waals surface area contributed by atoms with Crippen LogP contribution < -0.4 is 10.6 Å². The summed E-state index contributed by atoms with van der Waals surface area (Å²) >= 11 is 0. The summed E-state index contributed by atoms with van der Waals surface area (Å²) in [6.07, 6.45) is 5.60. The topological polar surface area (TPSA) is 107 Å². The molecular weight excluding hydrogens is 260 g/mol. The van der Waals surface area contributed by atoms with E-state index in [0.29, 0.717) is 18.0 Å². The Morgan fingerprint density at radius 2 is 2.20 bits per heavy atom. The fourth-order valence-corrected chi connectivity index (χ4v) is 2.42. The van der Waals surface area contributed by atoms with Crippen LogP contribution >= 0.6 is 0 Å². The van der Waals surface area contributed by atoms with Crippen molar-refractivity contribution in [2.75, 3.05) is 13.1 Å². The van der Waals surface area contributed by atoms with Crippen molar-refractivity contribution in [2.45, 2.75) is 31.7 Å². The number of carboxylic acids is 1. The molecule has 0 bridgehead atoms. The van der Waals surface area contributed by atoms with Gasteiger partial charge in [-0.25, -0.2) is 9.78 Å². The molecular formula is C13H20N4O3. The Morgan fingerprint density at radius 3 is 2.80 bits per heavy atom. The summed E-state index contributed by atoms with van der Waals surface area (Å²) in [5.74, 6) is -0.875. The Labute approximate surface area is 117 Å². The van der Waals surface area contributed by atoms with E-state index in [0.717, 1.165) is 25.9 Å². The molecule has 1 aliphatic rings. The molecule has 1 amide bonds. The van der Waals surface area contributed by atoms with Crippen molar-refractivity contribution in [3.8, 4) is 0 Å². The van der Waals surface area contributed by atoms with Gasteiger partial charge in [-0.05, 0) is 31.8 Å². The zero-order chi connectivity index (χ0) is 14.4. The van der Waals surface area contributed by atoms with E-state index in [1.165, 1.54) is 6.33 Å². The number of carbonyl (C=O) groups is 2. The number of nitrogens with one attached hydrogen (secondary N) is 3. The molecule has 0 aliphatic carbocycles. The smallest absolute Gasteiger partial charge is 0.326 e. The zero-order valence-electron chi connectivity index (χ0n) is 11.3. The molecule has 110 valence electrons. The minimum atomic E-state index is -1.03. The average molecular weight is 280 g/mol. The van der Waals surface area contributed by atoms with Gasteiger partial charge in [0.2, 0.25) is 5.91 Å². The van der Waals surface area contributed by atoms with E-state index in [4.69, 9.17) is 5.11 Å². The number of carbonyl (C=O) groups excluding carboxylic acids is 1. The lowest BCUT2D eigenvalue weighted by Crippen LogP contribution is -2.43. The number of H-pyrrole nitrogens is 1. The molecule has 4 N–H and O–H groups in total. The number of hydrogen-bond acceptors (Lipinski definition) is 4. The number of carboxylic acid groups (broad SMARTS) is 1. The molecule has 7 heteroatoms. The molecule has 1 fully saturated rings. The molecule has 1 aromatic heterocycles. The first-order valence-corrected chi connectivity index (χ1v) is 6.85. The Bertz CT molecular complexity index is 440. The maximum Gasteiger partial charge on any atom is 0.326 e. The predicted octanol–water partition coefficient (Wildman–Crippen LogP) is -0.0887. The molecule has 1 saturated heterocycles. The van der Waals surface area contributed by atoms with Crippen LogP contribution in [0.4, 0.5) is 0 Å². The first kappa shape index (κ1) is 14.5. The Hall–Kier alpha value is -1.89. The lowest BCUT2D eigenvalue weighted by molar-refractivity contribution is -0.142. The van der Waals surface area contributed by atoms with Gasteiger partial charge in [0.05, 0.1) is 6.33 Å². The second-order valence-electron chi connectivity index (χ2n) is 5.14. The van der Waals surface area contributed by atoms with Crippen molar-refractivity contribution in [1.82, 2.24) is 20.6 Å². The number of imidazole rings is 1. The van der Waals surface area contributed by atoms with E-state index in [1.807, 2.05) is 0 Å². The monoisotopic (exact) mass is 280 g/mol. The van der Waals surface area contributed by atoms with Crippen molar-refractivity contribution in [3.63, 3.8) is 0 Å². The fraction of sp³-hybridized carbons (Fsp3) is 0.615. The highest BCUT2D eigenvalue weighted by Gasteiger charge is 2.23. The number of hydrogen-bond donors (Lipinski definition) is 4. The largest absolute Gasteiger partial charge is 0.480 e. The van der Waals surface area contributed by atoms with E-state index in [9.17, 15) is 9.59 Å². The zero-order valence-corrected chi connectivity index (χ0v) is 11.3. The molecule has 20 heavy (non-hydrogen) atoms. The minimum Gasteiger partial charge on any atom is -0.480 e. The minimum absolute atomic E-state index is 0.191. The highest BCUT2D eigenvalue weighted by molar-refractivity contribution is 5.83. The summed E-state index contributed by atoms with van der Waals surface area (Å²) in [5.41, 5.74) is 0.694. The van der Waals surface area contributed by atoms with Crippen LogP contribution in [0.5, 0.6) is 0 Å². The third kappa shape index (κ3) is 4.34. The lowest BCUT2D eigenvalue weighted by Gasteiger charge is -2.23. The van der Waals surface area contributed by atoms with Crippen molar-refractivity contribution < 1.29 is 14.7 Å². The van der Waals surface area contributed by atoms with Gasteiger partial charge in [-0.1, -0.05) is 0 Å². The van der Waals surface area contributed by atoms with Crippen LogP contribution in [0.2, 0.25) is 0 Å². The van der Waals surface area contributed by atoms with Gasteiger partial charge in [0.1, 0.15) is 6.04 Å². The van der Waals surface area contributed by atoms with Gasteiger partial charge in [-0.15, -0.1) is 0 Å². The van der Waals surface area contributed by atoms with E-state index < -0.39 is 12.0 Å². The molecule has 0 radical (unpaired) electrons. The summed E-state index contributed by atoms with van der Waals surface area (Å²) in [6, 6.07) is -0.912. The van der Waals surface area contributed by atoms with E-state index in [-0.39, 0.29) is 12.3 Å². The number of aromatic amines is 1. The molecule has 2 rings (SSSR count).